The van der Waals surface area contributed by atoms with Crippen molar-refractivity contribution >= 4 is 23.8 Å². The van der Waals surface area contributed by atoms with Gasteiger partial charge in [-0.2, -0.15) is 0 Å². The number of carbonyl (C=O) groups is 4. The predicted molar refractivity (Wildman–Crippen MR) is 71.3 cm³/mol. The van der Waals surface area contributed by atoms with Gasteiger partial charge in [0, 0.05) is 13.6 Å². The lowest BCUT2D eigenvalue weighted by Crippen LogP contribution is -2.55. The second-order valence-corrected chi connectivity index (χ2v) is 5.46. The molecule has 2 fully saturated rings. The first kappa shape index (κ1) is 15.3. The Kier molecular flexibility index (Phi) is 3.89. The van der Waals surface area contributed by atoms with Crippen LogP contribution >= 0.6 is 0 Å². The van der Waals surface area contributed by atoms with Crippen molar-refractivity contribution in [1.82, 2.24) is 14.7 Å². The summed E-state index contributed by atoms with van der Waals surface area (Å²) in [6.07, 6.45) is 1.30. The highest BCUT2D eigenvalue weighted by atomic mass is 16.4. The van der Waals surface area contributed by atoms with Gasteiger partial charge in [0.15, 0.2) is 0 Å². The number of amides is 4. The van der Waals surface area contributed by atoms with Gasteiger partial charge in [-0.25, -0.2) is 9.59 Å². The Morgan fingerprint density at radius 1 is 1.33 bits per heavy atom. The highest BCUT2D eigenvalue weighted by molar-refractivity contribution is 6.04. The SMILES string of the molecule is CCC1(C(=O)O)CCCN1C(=O)CN1C(=O)CN(C)C1=O. The Hall–Kier alpha value is -2.12. The van der Waals surface area contributed by atoms with Crippen LogP contribution in [0.15, 0.2) is 0 Å². The molecule has 1 unspecified atom stereocenters. The summed E-state index contributed by atoms with van der Waals surface area (Å²) in [6.45, 7) is 1.62. The average molecular weight is 297 g/mol. The van der Waals surface area contributed by atoms with E-state index in [9.17, 15) is 24.3 Å². The van der Waals surface area contributed by atoms with E-state index in [0.717, 1.165) is 4.90 Å². The number of carboxylic acid groups (broad SMARTS) is 1. The number of aliphatic carboxylic acids is 1. The van der Waals surface area contributed by atoms with Crippen molar-refractivity contribution in [2.45, 2.75) is 31.7 Å². The number of carbonyl (C=O) groups excluding carboxylic acids is 3. The van der Waals surface area contributed by atoms with Gasteiger partial charge in [-0.1, -0.05) is 6.92 Å². The number of urea groups is 1. The molecular weight excluding hydrogens is 278 g/mol. The molecule has 0 aromatic rings. The molecule has 0 spiro atoms. The Balaban J connectivity index is 2.15. The second kappa shape index (κ2) is 5.34. The molecule has 2 saturated heterocycles. The van der Waals surface area contributed by atoms with Crippen LogP contribution in [0.25, 0.3) is 0 Å². The van der Waals surface area contributed by atoms with Crippen LogP contribution < -0.4 is 0 Å². The lowest BCUT2D eigenvalue weighted by molar-refractivity contribution is -0.157. The first-order valence-electron chi connectivity index (χ1n) is 6.93. The molecule has 2 rings (SSSR count). The third-order valence-corrected chi connectivity index (χ3v) is 4.30. The van der Waals surface area contributed by atoms with Crippen LogP contribution in [-0.2, 0) is 14.4 Å². The number of likely N-dealkylation sites (tertiary alicyclic amines) is 1. The van der Waals surface area contributed by atoms with E-state index < -0.39 is 35.9 Å². The van der Waals surface area contributed by atoms with E-state index >= 15 is 0 Å². The molecule has 0 aromatic heterocycles. The minimum atomic E-state index is -1.21. The van der Waals surface area contributed by atoms with Crippen LogP contribution in [0.3, 0.4) is 0 Å². The summed E-state index contributed by atoms with van der Waals surface area (Å²) >= 11 is 0. The maximum Gasteiger partial charge on any atom is 0.329 e. The maximum atomic E-state index is 12.4. The standard InChI is InChI=1S/C13H19N3O5/c1-3-13(11(19)20)5-4-6-16(13)10(18)8-15-9(17)7-14(2)12(15)21/h3-8H2,1-2H3,(H,19,20). The number of rotatable bonds is 4. The summed E-state index contributed by atoms with van der Waals surface area (Å²) in [5.41, 5.74) is -1.21. The summed E-state index contributed by atoms with van der Waals surface area (Å²) in [5.74, 6) is -1.96. The molecule has 1 N–H and O–H groups in total. The zero-order chi connectivity index (χ0) is 15.8. The molecule has 0 saturated carbocycles. The Labute approximate surface area is 122 Å². The normalized spacial score (nSPS) is 25.9. The van der Waals surface area contributed by atoms with Gasteiger partial charge >= 0.3 is 12.0 Å². The van der Waals surface area contributed by atoms with Gasteiger partial charge in [0.2, 0.25) is 5.91 Å². The number of carboxylic acids is 1. The summed E-state index contributed by atoms with van der Waals surface area (Å²) in [4.78, 5) is 50.8. The van der Waals surface area contributed by atoms with Crippen LogP contribution in [0.5, 0.6) is 0 Å². The summed E-state index contributed by atoms with van der Waals surface area (Å²) < 4.78 is 0. The first-order valence-corrected chi connectivity index (χ1v) is 6.93. The summed E-state index contributed by atoms with van der Waals surface area (Å²) in [7, 11) is 1.48. The number of nitrogens with zero attached hydrogens (tertiary/aromatic N) is 3. The van der Waals surface area contributed by atoms with Crippen LogP contribution in [0.1, 0.15) is 26.2 Å². The van der Waals surface area contributed by atoms with Crippen molar-refractivity contribution in [2.24, 2.45) is 0 Å². The van der Waals surface area contributed by atoms with Crippen LogP contribution in [0.2, 0.25) is 0 Å². The number of likely N-dealkylation sites (N-methyl/N-ethyl adjacent to an activating group) is 1. The Bertz CT molecular complexity index is 506. The van der Waals surface area contributed by atoms with Crippen molar-refractivity contribution in [3.05, 3.63) is 0 Å². The molecule has 0 bridgehead atoms. The Morgan fingerprint density at radius 2 is 2.00 bits per heavy atom. The van der Waals surface area contributed by atoms with Crippen LogP contribution in [-0.4, -0.2) is 75.8 Å². The van der Waals surface area contributed by atoms with Gasteiger partial charge in [-0.3, -0.25) is 14.5 Å². The molecule has 8 heteroatoms. The molecule has 0 aromatic carbocycles. The smallest absolute Gasteiger partial charge is 0.329 e. The van der Waals surface area contributed by atoms with Crippen molar-refractivity contribution in [3.8, 4) is 0 Å². The van der Waals surface area contributed by atoms with Crippen LogP contribution in [0.4, 0.5) is 4.79 Å². The molecular formula is C13H19N3O5. The highest BCUT2D eigenvalue weighted by Crippen LogP contribution is 2.33. The molecule has 2 heterocycles. The van der Waals surface area contributed by atoms with Crippen molar-refractivity contribution in [2.75, 3.05) is 26.7 Å². The summed E-state index contributed by atoms with van der Waals surface area (Å²) in [5, 5.41) is 9.44. The topological polar surface area (TPSA) is 98.2 Å². The Morgan fingerprint density at radius 3 is 2.48 bits per heavy atom. The molecule has 2 aliphatic heterocycles. The third kappa shape index (κ3) is 2.34. The van der Waals surface area contributed by atoms with Gasteiger partial charge in [0.25, 0.3) is 5.91 Å². The molecule has 2 aliphatic rings. The first-order chi connectivity index (χ1) is 9.83. The average Bonchev–Trinajstić information content (AvgIpc) is 2.96. The molecule has 0 radical (unpaired) electrons. The van der Waals surface area contributed by atoms with E-state index in [-0.39, 0.29) is 6.54 Å². The third-order valence-electron chi connectivity index (χ3n) is 4.30. The van der Waals surface area contributed by atoms with E-state index in [2.05, 4.69) is 0 Å². The van der Waals surface area contributed by atoms with Gasteiger partial charge in [-0.15, -0.1) is 0 Å². The predicted octanol–water partition coefficient (Wildman–Crippen LogP) is -0.264. The fourth-order valence-corrected chi connectivity index (χ4v) is 3.03. The van der Waals surface area contributed by atoms with E-state index in [0.29, 0.717) is 25.8 Å². The van der Waals surface area contributed by atoms with Gasteiger partial charge in [0.05, 0.1) is 0 Å². The molecule has 0 aliphatic carbocycles. The lowest BCUT2D eigenvalue weighted by atomic mass is 9.93. The number of imide groups is 1. The van der Waals surface area contributed by atoms with E-state index in [1.165, 1.54) is 16.8 Å². The fraction of sp³-hybridized carbons (Fsp3) is 0.692. The van der Waals surface area contributed by atoms with Crippen molar-refractivity contribution < 1.29 is 24.3 Å². The fourth-order valence-electron chi connectivity index (χ4n) is 3.03. The van der Waals surface area contributed by atoms with E-state index in [1.54, 1.807) is 6.92 Å². The molecule has 116 valence electrons. The molecule has 4 amide bonds. The lowest BCUT2D eigenvalue weighted by Gasteiger charge is -2.34. The minimum Gasteiger partial charge on any atom is -0.479 e. The highest BCUT2D eigenvalue weighted by Gasteiger charge is 2.49. The van der Waals surface area contributed by atoms with Crippen LogP contribution in [0, 0.1) is 0 Å². The van der Waals surface area contributed by atoms with Gasteiger partial charge in [-0.05, 0) is 19.3 Å². The largest absolute Gasteiger partial charge is 0.479 e. The maximum absolute atomic E-state index is 12.4. The quantitative estimate of drug-likeness (QED) is 0.721. The second-order valence-electron chi connectivity index (χ2n) is 5.46. The molecule has 1 atom stereocenters. The molecule has 8 nitrogen and oxygen atoms in total. The monoisotopic (exact) mass is 297 g/mol. The van der Waals surface area contributed by atoms with Crippen molar-refractivity contribution in [1.29, 1.82) is 0 Å². The van der Waals surface area contributed by atoms with E-state index in [4.69, 9.17) is 0 Å². The zero-order valence-electron chi connectivity index (χ0n) is 12.2. The minimum absolute atomic E-state index is 0.0516. The number of hydrogen-bond acceptors (Lipinski definition) is 4. The van der Waals surface area contributed by atoms with Crippen molar-refractivity contribution in [3.63, 3.8) is 0 Å². The van der Waals surface area contributed by atoms with Gasteiger partial charge in [0.1, 0.15) is 18.6 Å². The molecule has 21 heavy (non-hydrogen) atoms. The van der Waals surface area contributed by atoms with Gasteiger partial charge < -0.3 is 14.9 Å². The summed E-state index contributed by atoms with van der Waals surface area (Å²) in [6, 6.07) is -0.523. The van der Waals surface area contributed by atoms with E-state index in [1.807, 2.05) is 0 Å². The zero-order valence-corrected chi connectivity index (χ0v) is 12.2. The number of hydrogen-bond donors (Lipinski definition) is 1.